The molecule has 1 aromatic carbocycles. The molecule has 0 spiro atoms. The maximum Gasteiger partial charge on any atom is 0.233 e. The highest BCUT2D eigenvalue weighted by atomic mass is 16.5. The van der Waals surface area contributed by atoms with E-state index in [0.29, 0.717) is 5.82 Å². The van der Waals surface area contributed by atoms with E-state index in [4.69, 9.17) is 4.52 Å². The zero-order valence-electron chi connectivity index (χ0n) is 11.2. The number of aromatic nitrogens is 1. The smallest absolute Gasteiger partial charge is 0.233 e. The van der Waals surface area contributed by atoms with Gasteiger partial charge in [-0.1, -0.05) is 29.4 Å². The number of hydrogen-bond donors (Lipinski definition) is 1. The zero-order chi connectivity index (χ0) is 13.5. The van der Waals surface area contributed by atoms with Gasteiger partial charge >= 0.3 is 0 Å². The number of anilines is 1. The quantitative estimate of drug-likeness (QED) is 0.911. The van der Waals surface area contributed by atoms with Crippen LogP contribution in [0.1, 0.15) is 41.2 Å². The third kappa shape index (κ3) is 1.75. The molecule has 0 saturated heterocycles. The van der Waals surface area contributed by atoms with Crippen molar-refractivity contribution >= 4 is 11.7 Å². The van der Waals surface area contributed by atoms with E-state index in [1.54, 1.807) is 0 Å². The number of fused-ring (bicyclic) bond motifs is 2. The molecule has 0 saturated carbocycles. The first-order valence-corrected chi connectivity index (χ1v) is 7.19. The van der Waals surface area contributed by atoms with Crippen LogP contribution in [0.3, 0.4) is 0 Å². The molecule has 1 N–H and O–H groups in total. The number of benzene rings is 1. The Morgan fingerprint density at radius 3 is 3.00 bits per heavy atom. The van der Waals surface area contributed by atoms with Gasteiger partial charge in [0.1, 0.15) is 5.76 Å². The molecular formula is C16H16N2O2. The molecule has 1 aromatic heterocycles. The van der Waals surface area contributed by atoms with Crippen LogP contribution in [-0.2, 0) is 24.1 Å². The van der Waals surface area contributed by atoms with Crippen molar-refractivity contribution in [2.45, 2.75) is 38.0 Å². The van der Waals surface area contributed by atoms with E-state index < -0.39 is 0 Å². The Morgan fingerprint density at radius 1 is 1.25 bits per heavy atom. The Labute approximate surface area is 117 Å². The van der Waals surface area contributed by atoms with E-state index in [2.05, 4.69) is 16.5 Å². The predicted molar refractivity (Wildman–Crippen MR) is 74.7 cm³/mol. The number of nitrogens with one attached hydrogen (secondary N) is 1. The number of nitrogens with zero attached hydrogens (tertiary/aromatic N) is 1. The lowest BCUT2D eigenvalue weighted by Crippen LogP contribution is -2.30. The Hall–Kier alpha value is -2.10. The summed E-state index contributed by atoms with van der Waals surface area (Å²) in [6.45, 7) is 0. The lowest BCUT2D eigenvalue weighted by Gasteiger charge is -2.28. The molecule has 0 bridgehead atoms. The molecule has 2 aromatic rings. The molecule has 0 unspecified atom stereocenters. The van der Waals surface area contributed by atoms with Gasteiger partial charge in [0.05, 0.1) is 5.92 Å². The molecule has 20 heavy (non-hydrogen) atoms. The number of amides is 1. The van der Waals surface area contributed by atoms with Crippen molar-refractivity contribution in [3.8, 4) is 0 Å². The van der Waals surface area contributed by atoms with Crippen molar-refractivity contribution in [3.63, 3.8) is 0 Å². The van der Waals surface area contributed by atoms with Crippen LogP contribution in [0.4, 0.5) is 5.82 Å². The van der Waals surface area contributed by atoms with Crippen LogP contribution < -0.4 is 5.32 Å². The van der Waals surface area contributed by atoms with Gasteiger partial charge in [0.15, 0.2) is 5.82 Å². The number of hydrogen-bond acceptors (Lipinski definition) is 3. The largest absolute Gasteiger partial charge is 0.359 e. The number of rotatable bonds is 2. The molecule has 102 valence electrons. The predicted octanol–water partition coefficient (Wildman–Crippen LogP) is 2.83. The van der Waals surface area contributed by atoms with Gasteiger partial charge < -0.3 is 9.84 Å². The molecule has 1 heterocycles. The van der Waals surface area contributed by atoms with Gasteiger partial charge in [-0.05, 0) is 36.8 Å². The normalized spacial score (nSPS) is 19.7. The highest BCUT2D eigenvalue weighted by molar-refractivity contribution is 5.97. The third-order valence-electron chi connectivity index (χ3n) is 4.36. The van der Waals surface area contributed by atoms with Crippen molar-refractivity contribution in [2.24, 2.45) is 0 Å². The minimum absolute atomic E-state index is 0.0328. The fourth-order valence-corrected chi connectivity index (χ4v) is 3.18. The second kappa shape index (κ2) is 4.47. The van der Waals surface area contributed by atoms with Crippen molar-refractivity contribution in [1.82, 2.24) is 5.16 Å². The molecule has 2 aliphatic carbocycles. The van der Waals surface area contributed by atoms with Gasteiger partial charge in [0.2, 0.25) is 5.91 Å². The summed E-state index contributed by atoms with van der Waals surface area (Å²) in [4.78, 5) is 12.3. The lowest BCUT2D eigenvalue weighted by molar-refractivity contribution is -0.118. The maximum absolute atomic E-state index is 12.3. The van der Waals surface area contributed by atoms with E-state index >= 15 is 0 Å². The highest BCUT2D eigenvalue weighted by Crippen LogP contribution is 2.36. The lowest BCUT2D eigenvalue weighted by atomic mass is 9.77. The van der Waals surface area contributed by atoms with Gasteiger partial charge in [-0.2, -0.15) is 0 Å². The second-order valence-electron chi connectivity index (χ2n) is 5.58. The van der Waals surface area contributed by atoms with Crippen molar-refractivity contribution in [1.29, 1.82) is 0 Å². The average Bonchev–Trinajstić information content (AvgIpc) is 2.84. The average molecular weight is 268 g/mol. The number of carbonyl (C=O) groups is 1. The molecule has 4 nitrogen and oxygen atoms in total. The SMILES string of the molecule is O=C(Nc1noc2c1CCCC2)[C@@H]1Cc2ccccc21. The summed E-state index contributed by atoms with van der Waals surface area (Å²) in [6, 6.07) is 8.11. The van der Waals surface area contributed by atoms with Crippen LogP contribution in [0.25, 0.3) is 0 Å². The molecule has 0 fully saturated rings. The van der Waals surface area contributed by atoms with Crippen molar-refractivity contribution in [3.05, 3.63) is 46.7 Å². The Kier molecular flexibility index (Phi) is 2.62. The molecule has 1 atom stereocenters. The summed E-state index contributed by atoms with van der Waals surface area (Å²) >= 11 is 0. The van der Waals surface area contributed by atoms with Crippen LogP contribution in [-0.4, -0.2) is 11.1 Å². The Bertz CT molecular complexity index is 675. The summed E-state index contributed by atoms with van der Waals surface area (Å²) < 4.78 is 5.32. The van der Waals surface area contributed by atoms with E-state index in [1.807, 2.05) is 18.2 Å². The highest BCUT2D eigenvalue weighted by Gasteiger charge is 2.33. The molecule has 4 rings (SSSR count). The molecule has 1 amide bonds. The van der Waals surface area contributed by atoms with Crippen LogP contribution in [0, 0.1) is 0 Å². The Morgan fingerprint density at radius 2 is 2.10 bits per heavy atom. The first-order valence-electron chi connectivity index (χ1n) is 7.19. The van der Waals surface area contributed by atoms with Gasteiger partial charge in [0, 0.05) is 12.0 Å². The van der Waals surface area contributed by atoms with Gasteiger partial charge in [-0.15, -0.1) is 0 Å². The minimum Gasteiger partial charge on any atom is -0.359 e. The number of aryl methyl sites for hydroxylation is 1. The summed E-state index contributed by atoms with van der Waals surface area (Å²) in [6.07, 6.45) is 5.00. The fourth-order valence-electron chi connectivity index (χ4n) is 3.18. The van der Waals surface area contributed by atoms with Gasteiger partial charge in [0.25, 0.3) is 0 Å². The van der Waals surface area contributed by atoms with Crippen LogP contribution in [0.5, 0.6) is 0 Å². The summed E-state index contributed by atoms with van der Waals surface area (Å²) in [5, 5.41) is 6.98. The molecule has 0 aliphatic heterocycles. The van der Waals surface area contributed by atoms with Crippen molar-refractivity contribution < 1.29 is 9.32 Å². The zero-order valence-corrected chi connectivity index (χ0v) is 11.2. The third-order valence-corrected chi connectivity index (χ3v) is 4.36. The van der Waals surface area contributed by atoms with Crippen LogP contribution >= 0.6 is 0 Å². The van der Waals surface area contributed by atoms with E-state index in [1.165, 1.54) is 5.56 Å². The van der Waals surface area contributed by atoms with Crippen LogP contribution in [0.15, 0.2) is 28.8 Å². The van der Waals surface area contributed by atoms with E-state index in [9.17, 15) is 4.79 Å². The first kappa shape index (κ1) is 11.7. The summed E-state index contributed by atoms with van der Waals surface area (Å²) in [7, 11) is 0. The van der Waals surface area contributed by atoms with Crippen molar-refractivity contribution in [2.75, 3.05) is 5.32 Å². The Balaban J connectivity index is 1.53. The monoisotopic (exact) mass is 268 g/mol. The molecular weight excluding hydrogens is 252 g/mol. The second-order valence-corrected chi connectivity index (χ2v) is 5.58. The number of carbonyl (C=O) groups excluding carboxylic acids is 1. The van der Waals surface area contributed by atoms with Gasteiger partial charge in [-0.3, -0.25) is 4.79 Å². The van der Waals surface area contributed by atoms with E-state index in [0.717, 1.165) is 49.0 Å². The van der Waals surface area contributed by atoms with E-state index in [-0.39, 0.29) is 11.8 Å². The first-order chi connectivity index (χ1) is 9.83. The maximum atomic E-state index is 12.3. The molecule has 4 heteroatoms. The van der Waals surface area contributed by atoms with Gasteiger partial charge in [-0.25, -0.2) is 0 Å². The minimum atomic E-state index is -0.0397. The standard InChI is InChI=1S/C16H16N2O2/c19-16(13-9-10-5-1-2-6-11(10)13)17-15-12-7-3-4-8-14(12)20-18-15/h1-2,5-6,13H,3-4,7-9H2,(H,17,18,19)/t13-/m1/s1. The summed E-state index contributed by atoms with van der Waals surface area (Å²) in [5.41, 5.74) is 3.51. The molecule has 2 aliphatic rings. The van der Waals surface area contributed by atoms with Crippen LogP contribution in [0.2, 0.25) is 0 Å². The fraction of sp³-hybridized carbons (Fsp3) is 0.375. The summed E-state index contributed by atoms with van der Waals surface area (Å²) in [5.74, 6) is 1.57. The topological polar surface area (TPSA) is 55.1 Å². The molecule has 0 radical (unpaired) electrons.